The van der Waals surface area contributed by atoms with E-state index in [0.717, 1.165) is 42.0 Å². The van der Waals surface area contributed by atoms with Gasteiger partial charge in [-0.05, 0) is 40.2 Å². The van der Waals surface area contributed by atoms with Gasteiger partial charge in [0.15, 0.2) is 5.65 Å². The molecule has 0 aliphatic heterocycles. The molecule has 20 heavy (non-hydrogen) atoms. The highest BCUT2D eigenvalue weighted by molar-refractivity contribution is 5.42. The number of hydrogen-bond donors (Lipinski definition) is 2. The van der Waals surface area contributed by atoms with Gasteiger partial charge < -0.3 is 10.4 Å². The highest BCUT2D eigenvalue weighted by Crippen LogP contribution is 2.18. The Morgan fingerprint density at radius 2 is 2.15 bits per heavy atom. The summed E-state index contributed by atoms with van der Waals surface area (Å²) < 4.78 is 1.89. The van der Waals surface area contributed by atoms with Crippen molar-refractivity contribution in [3.05, 3.63) is 29.2 Å². The third kappa shape index (κ3) is 3.16. The highest BCUT2D eigenvalue weighted by Gasteiger charge is 2.13. The second-order valence-electron chi connectivity index (χ2n) is 5.38. The molecule has 5 heteroatoms. The second kappa shape index (κ2) is 6.33. The minimum absolute atomic E-state index is 0.195. The number of aryl methyl sites for hydroxylation is 2. The smallest absolute Gasteiger partial charge is 0.155 e. The van der Waals surface area contributed by atoms with Crippen LogP contribution in [0, 0.1) is 13.8 Å². The Hall–Kier alpha value is -1.46. The molecule has 2 unspecified atom stereocenters. The predicted molar refractivity (Wildman–Crippen MR) is 79.8 cm³/mol. The van der Waals surface area contributed by atoms with Gasteiger partial charge in [0.1, 0.15) is 0 Å². The van der Waals surface area contributed by atoms with Gasteiger partial charge in [-0.3, -0.25) is 0 Å². The average molecular weight is 276 g/mol. The molecule has 0 aliphatic carbocycles. The Balaban J connectivity index is 2.09. The Labute approximate surface area is 120 Å². The molecule has 2 rings (SSSR count). The van der Waals surface area contributed by atoms with Gasteiger partial charge in [0.05, 0.1) is 11.8 Å². The summed E-state index contributed by atoms with van der Waals surface area (Å²) in [6, 6.07) is 2.17. The van der Waals surface area contributed by atoms with Crippen molar-refractivity contribution in [1.82, 2.24) is 19.9 Å². The van der Waals surface area contributed by atoms with Crippen LogP contribution in [0.4, 0.5) is 0 Å². The fourth-order valence-electron chi connectivity index (χ4n) is 2.38. The molecule has 0 radical (unpaired) electrons. The third-order valence-corrected chi connectivity index (χ3v) is 3.75. The van der Waals surface area contributed by atoms with Gasteiger partial charge in [-0.25, -0.2) is 9.50 Å². The van der Waals surface area contributed by atoms with E-state index >= 15 is 0 Å². The maximum atomic E-state index is 9.57. The fourth-order valence-corrected chi connectivity index (χ4v) is 2.38. The lowest BCUT2D eigenvalue weighted by atomic mass is 10.1. The summed E-state index contributed by atoms with van der Waals surface area (Å²) in [4.78, 5) is 4.45. The second-order valence-corrected chi connectivity index (χ2v) is 5.38. The first-order chi connectivity index (χ1) is 9.52. The topological polar surface area (TPSA) is 62.5 Å². The van der Waals surface area contributed by atoms with Gasteiger partial charge in [0.2, 0.25) is 0 Å². The van der Waals surface area contributed by atoms with Crippen LogP contribution in [0.1, 0.15) is 49.7 Å². The van der Waals surface area contributed by atoms with Crippen molar-refractivity contribution in [2.75, 3.05) is 6.54 Å². The molecule has 0 spiro atoms. The van der Waals surface area contributed by atoms with Gasteiger partial charge in [0.25, 0.3) is 0 Å². The lowest BCUT2D eigenvalue weighted by Crippen LogP contribution is -2.24. The minimum atomic E-state index is -0.217. The fraction of sp³-hybridized carbons (Fsp3) is 0.600. The molecule has 0 aliphatic rings. The SMILES string of the molecule is CCC(O)CCNC(C)c1cnc2cc(C)nn2c1C. The van der Waals surface area contributed by atoms with Crippen molar-refractivity contribution >= 4 is 5.65 Å². The standard InChI is InChI=1S/C15H24N4O/c1-5-13(20)6-7-16-11(3)14-9-17-15-8-10(2)18-19(15)12(14)4/h8-9,11,13,16,20H,5-7H2,1-4H3. The zero-order valence-electron chi connectivity index (χ0n) is 12.7. The zero-order chi connectivity index (χ0) is 14.7. The number of fused-ring (bicyclic) bond motifs is 1. The number of nitrogens with one attached hydrogen (secondary N) is 1. The predicted octanol–water partition coefficient (Wildman–Crippen LogP) is 2.16. The van der Waals surface area contributed by atoms with Gasteiger partial charge in [-0.2, -0.15) is 5.10 Å². The molecular weight excluding hydrogens is 252 g/mol. The maximum absolute atomic E-state index is 9.57. The van der Waals surface area contributed by atoms with Crippen LogP contribution < -0.4 is 5.32 Å². The van der Waals surface area contributed by atoms with Crippen molar-refractivity contribution in [3.63, 3.8) is 0 Å². The van der Waals surface area contributed by atoms with E-state index in [4.69, 9.17) is 0 Å². The van der Waals surface area contributed by atoms with E-state index in [9.17, 15) is 5.11 Å². The van der Waals surface area contributed by atoms with Crippen LogP contribution in [0.25, 0.3) is 5.65 Å². The number of nitrogens with zero attached hydrogens (tertiary/aromatic N) is 3. The van der Waals surface area contributed by atoms with Crippen molar-refractivity contribution < 1.29 is 5.11 Å². The summed E-state index contributed by atoms with van der Waals surface area (Å²) >= 11 is 0. The van der Waals surface area contributed by atoms with Crippen LogP contribution in [0.5, 0.6) is 0 Å². The Morgan fingerprint density at radius 1 is 1.40 bits per heavy atom. The minimum Gasteiger partial charge on any atom is -0.393 e. The first-order valence-corrected chi connectivity index (χ1v) is 7.26. The van der Waals surface area contributed by atoms with Crippen LogP contribution in [-0.2, 0) is 0 Å². The number of aromatic nitrogens is 3. The van der Waals surface area contributed by atoms with Crippen LogP contribution in [-0.4, -0.2) is 32.4 Å². The van der Waals surface area contributed by atoms with Crippen LogP contribution in [0.2, 0.25) is 0 Å². The first-order valence-electron chi connectivity index (χ1n) is 7.26. The molecule has 2 atom stereocenters. The lowest BCUT2D eigenvalue weighted by Gasteiger charge is -2.17. The van der Waals surface area contributed by atoms with E-state index in [0.29, 0.717) is 0 Å². The molecule has 0 bridgehead atoms. The summed E-state index contributed by atoms with van der Waals surface area (Å²) in [6.07, 6.45) is 3.27. The average Bonchev–Trinajstić information content (AvgIpc) is 2.80. The summed E-state index contributed by atoms with van der Waals surface area (Å²) in [5, 5.41) is 17.5. The van der Waals surface area contributed by atoms with E-state index in [1.54, 1.807) is 0 Å². The first kappa shape index (κ1) is 14.9. The molecule has 0 aromatic carbocycles. The third-order valence-electron chi connectivity index (χ3n) is 3.75. The molecule has 2 N–H and O–H groups in total. The quantitative estimate of drug-likeness (QED) is 0.848. The molecule has 110 valence electrons. The van der Waals surface area contributed by atoms with Gasteiger partial charge in [-0.1, -0.05) is 6.92 Å². The van der Waals surface area contributed by atoms with Gasteiger partial charge in [-0.15, -0.1) is 0 Å². The largest absolute Gasteiger partial charge is 0.393 e. The molecule has 5 nitrogen and oxygen atoms in total. The summed E-state index contributed by atoms with van der Waals surface area (Å²) in [7, 11) is 0. The zero-order valence-corrected chi connectivity index (χ0v) is 12.7. The van der Waals surface area contributed by atoms with E-state index in [1.165, 1.54) is 0 Å². The molecule has 2 heterocycles. The van der Waals surface area contributed by atoms with E-state index < -0.39 is 0 Å². The summed E-state index contributed by atoms with van der Waals surface area (Å²) in [5.41, 5.74) is 4.12. The van der Waals surface area contributed by atoms with Gasteiger partial charge in [0, 0.05) is 29.6 Å². The van der Waals surface area contributed by atoms with E-state index in [1.807, 2.05) is 30.6 Å². The Kier molecular flexibility index (Phi) is 4.73. The maximum Gasteiger partial charge on any atom is 0.155 e. The molecular formula is C15H24N4O. The van der Waals surface area contributed by atoms with Crippen LogP contribution in [0.3, 0.4) is 0 Å². The lowest BCUT2D eigenvalue weighted by molar-refractivity contribution is 0.159. The Bertz CT molecular complexity index is 579. The van der Waals surface area contributed by atoms with Crippen molar-refractivity contribution in [2.24, 2.45) is 0 Å². The summed E-state index contributed by atoms with van der Waals surface area (Å²) in [5.74, 6) is 0. The Morgan fingerprint density at radius 3 is 2.85 bits per heavy atom. The highest BCUT2D eigenvalue weighted by atomic mass is 16.3. The number of rotatable bonds is 6. The van der Waals surface area contributed by atoms with Gasteiger partial charge >= 0.3 is 0 Å². The number of aliphatic hydroxyl groups is 1. The number of hydrogen-bond acceptors (Lipinski definition) is 4. The van der Waals surface area contributed by atoms with Crippen molar-refractivity contribution in [1.29, 1.82) is 0 Å². The monoisotopic (exact) mass is 276 g/mol. The molecule has 0 fully saturated rings. The summed E-state index contributed by atoms with van der Waals surface area (Å²) in [6.45, 7) is 8.95. The molecule has 2 aromatic rings. The van der Waals surface area contributed by atoms with E-state index in [2.05, 4.69) is 29.2 Å². The van der Waals surface area contributed by atoms with Crippen LogP contribution >= 0.6 is 0 Å². The van der Waals surface area contributed by atoms with E-state index in [-0.39, 0.29) is 12.1 Å². The number of aliphatic hydroxyl groups excluding tert-OH is 1. The normalized spacial score (nSPS) is 14.7. The van der Waals surface area contributed by atoms with Crippen LogP contribution in [0.15, 0.2) is 12.3 Å². The molecule has 0 saturated heterocycles. The molecule has 0 amide bonds. The molecule has 2 aromatic heterocycles. The molecule has 0 saturated carbocycles. The van der Waals surface area contributed by atoms with Crippen molar-refractivity contribution in [3.8, 4) is 0 Å². The van der Waals surface area contributed by atoms with Crippen molar-refractivity contribution in [2.45, 2.75) is 52.7 Å².